The number of alkyl halides is 3. The predicted molar refractivity (Wildman–Crippen MR) is 49.1 cm³/mol. The first-order valence-electron chi connectivity index (χ1n) is 4.16. The summed E-state index contributed by atoms with van der Waals surface area (Å²) in [7, 11) is 0. The van der Waals surface area contributed by atoms with Crippen molar-refractivity contribution in [2.45, 2.75) is 12.6 Å². The van der Waals surface area contributed by atoms with Gasteiger partial charge in [0.2, 0.25) is 0 Å². The van der Waals surface area contributed by atoms with Crippen LogP contribution in [0, 0.1) is 11.8 Å². The van der Waals surface area contributed by atoms with E-state index >= 15 is 0 Å². The highest BCUT2D eigenvalue weighted by Crippen LogP contribution is 2.29. The minimum atomic E-state index is -4.49. The predicted octanol–water partition coefficient (Wildman–Crippen LogP) is 2.48. The molecule has 0 amide bonds. The standard InChI is InChI=1S/C8H6F3N5/c9-8(10,11)7-6(5-14-15-7)3-1-2-4-13-16-12/h5H,2,4H2,(H,14,15). The summed E-state index contributed by atoms with van der Waals surface area (Å²) in [6.45, 7) is 0.128. The lowest BCUT2D eigenvalue weighted by Gasteiger charge is -2.02. The average Bonchev–Trinajstić information content (AvgIpc) is 2.65. The highest BCUT2D eigenvalue weighted by molar-refractivity contribution is 5.37. The van der Waals surface area contributed by atoms with Crippen LogP contribution in [0.2, 0.25) is 0 Å². The Labute approximate surface area is 88.3 Å². The molecule has 1 aromatic heterocycles. The number of nitrogens with zero attached hydrogens (tertiary/aromatic N) is 4. The number of H-pyrrole nitrogens is 1. The Balaban J connectivity index is 2.74. The van der Waals surface area contributed by atoms with Crippen LogP contribution < -0.4 is 0 Å². The van der Waals surface area contributed by atoms with Crippen LogP contribution in [0.25, 0.3) is 10.4 Å². The van der Waals surface area contributed by atoms with E-state index in [1.54, 1.807) is 0 Å². The molecule has 84 valence electrons. The van der Waals surface area contributed by atoms with Gasteiger partial charge < -0.3 is 0 Å². The van der Waals surface area contributed by atoms with Gasteiger partial charge in [0.25, 0.3) is 0 Å². The van der Waals surface area contributed by atoms with Crippen molar-refractivity contribution in [2.75, 3.05) is 6.54 Å². The number of hydrogen-bond donors (Lipinski definition) is 1. The minimum absolute atomic E-state index is 0.128. The Bertz CT molecular complexity index is 458. The third-order valence-corrected chi connectivity index (χ3v) is 1.55. The van der Waals surface area contributed by atoms with Crippen LogP contribution in [-0.4, -0.2) is 16.7 Å². The van der Waals surface area contributed by atoms with Crippen molar-refractivity contribution < 1.29 is 13.2 Å². The van der Waals surface area contributed by atoms with Crippen LogP contribution in [0.1, 0.15) is 17.7 Å². The number of nitrogens with one attached hydrogen (secondary N) is 1. The number of aromatic amines is 1. The van der Waals surface area contributed by atoms with Gasteiger partial charge in [0.15, 0.2) is 5.69 Å². The van der Waals surface area contributed by atoms with E-state index in [1.165, 1.54) is 0 Å². The molecule has 0 atom stereocenters. The Morgan fingerprint density at radius 3 is 2.94 bits per heavy atom. The Morgan fingerprint density at radius 1 is 1.56 bits per heavy atom. The molecule has 1 N–H and O–H groups in total. The van der Waals surface area contributed by atoms with Crippen molar-refractivity contribution in [1.29, 1.82) is 0 Å². The molecule has 0 fully saturated rings. The van der Waals surface area contributed by atoms with E-state index in [-0.39, 0.29) is 18.5 Å². The van der Waals surface area contributed by atoms with Gasteiger partial charge in [-0.15, -0.1) is 0 Å². The monoisotopic (exact) mass is 229 g/mol. The van der Waals surface area contributed by atoms with Crippen LogP contribution >= 0.6 is 0 Å². The molecule has 1 rings (SSSR count). The average molecular weight is 229 g/mol. The van der Waals surface area contributed by atoms with Crippen molar-refractivity contribution in [3.63, 3.8) is 0 Å². The first kappa shape index (κ1) is 11.9. The van der Waals surface area contributed by atoms with Gasteiger partial charge in [0.05, 0.1) is 11.8 Å². The molecule has 16 heavy (non-hydrogen) atoms. The molecule has 8 heteroatoms. The minimum Gasteiger partial charge on any atom is -0.273 e. The van der Waals surface area contributed by atoms with Gasteiger partial charge >= 0.3 is 6.18 Å². The normalized spacial score (nSPS) is 10.2. The van der Waals surface area contributed by atoms with Gasteiger partial charge in [-0.25, -0.2) is 0 Å². The molecule has 0 aliphatic heterocycles. The zero-order chi connectivity index (χ0) is 12.0. The number of rotatable bonds is 2. The van der Waals surface area contributed by atoms with E-state index in [2.05, 4.69) is 27.0 Å². The van der Waals surface area contributed by atoms with Crippen molar-refractivity contribution >= 4 is 0 Å². The van der Waals surface area contributed by atoms with Crippen LogP contribution in [0.3, 0.4) is 0 Å². The maximum atomic E-state index is 12.3. The number of hydrogen-bond acceptors (Lipinski definition) is 2. The number of azide groups is 1. The molecule has 1 heterocycles. The lowest BCUT2D eigenvalue weighted by atomic mass is 10.2. The summed E-state index contributed by atoms with van der Waals surface area (Å²) in [5, 5.41) is 8.31. The molecule has 0 unspecified atom stereocenters. The first-order valence-corrected chi connectivity index (χ1v) is 4.16. The molecule has 5 nitrogen and oxygen atoms in total. The highest BCUT2D eigenvalue weighted by Gasteiger charge is 2.35. The van der Waals surface area contributed by atoms with Gasteiger partial charge in [0, 0.05) is 17.9 Å². The molecule has 0 aliphatic carbocycles. The molecule has 0 aromatic carbocycles. The largest absolute Gasteiger partial charge is 0.434 e. The number of aromatic nitrogens is 2. The van der Waals surface area contributed by atoms with Crippen LogP contribution in [0.4, 0.5) is 13.2 Å². The van der Waals surface area contributed by atoms with E-state index in [9.17, 15) is 13.2 Å². The zero-order valence-corrected chi connectivity index (χ0v) is 7.91. The van der Waals surface area contributed by atoms with Gasteiger partial charge in [0.1, 0.15) is 0 Å². The second-order valence-electron chi connectivity index (χ2n) is 2.66. The Kier molecular flexibility index (Phi) is 3.80. The fourth-order valence-corrected chi connectivity index (χ4v) is 0.905. The third-order valence-electron chi connectivity index (χ3n) is 1.55. The van der Waals surface area contributed by atoms with Crippen molar-refractivity contribution in [3.8, 4) is 11.8 Å². The van der Waals surface area contributed by atoms with Gasteiger partial charge in [-0.2, -0.15) is 18.3 Å². The van der Waals surface area contributed by atoms with Gasteiger partial charge in [-0.3, -0.25) is 5.10 Å². The molecule has 0 radical (unpaired) electrons. The Morgan fingerprint density at radius 2 is 2.31 bits per heavy atom. The molecule has 0 aliphatic rings. The lowest BCUT2D eigenvalue weighted by Crippen LogP contribution is -2.07. The fraction of sp³-hybridized carbons (Fsp3) is 0.375. The maximum Gasteiger partial charge on any atom is 0.434 e. The summed E-state index contributed by atoms with van der Waals surface area (Å²) in [6, 6.07) is 0. The summed E-state index contributed by atoms with van der Waals surface area (Å²) in [5.74, 6) is 4.77. The van der Waals surface area contributed by atoms with Crippen molar-refractivity contribution in [1.82, 2.24) is 10.2 Å². The van der Waals surface area contributed by atoms with Crippen molar-refractivity contribution in [3.05, 3.63) is 27.9 Å². The quantitative estimate of drug-likeness (QED) is 0.273. The van der Waals surface area contributed by atoms with E-state index < -0.39 is 11.9 Å². The molecule has 0 spiro atoms. The summed E-state index contributed by atoms with van der Waals surface area (Å²) in [5.41, 5.74) is 6.76. The molecular weight excluding hydrogens is 223 g/mol. The van der Waals surface area contributed by atoms with E-state index in [0.717, 1.165) is 6.20 Å². The molecular formula is C8H6F3N5. The first-order chi connectivity index (χ1) is 7.55. The zero-order valence-electron chi connectivity index (χ0n) is 7.91. The SMILES string of the molecule is [N-]=[N+]=NCCC#Cc1cn[nH]c1C(F)(F)F. The summed E-state index contributed by atoms with van der Waals surface area (Å²) >= 11 is 0. The van der Waals surface area contributed by atoms with Crippen LogP contribution in [-0.2, 0) is 6.18 Å². The second-order valence-corrected chi connectivity index (χ2v) is 2.66. The highest BCUT2D eigenvalue weighted by atomic mass is 19.4. The smallest absolute Gasteiger partial charge is 0.273 e. The van der Waals surface area contributed by atoms with E-state index in [4.69, 9.17) is 5.53 Å². The van der Waals surface area contributed by atoms with Crippen molar-refractivity contribution in [2.24, 2.45) is 5.11 Å². The third kappa shape index (κ3) is 3.22. The fourth-order valence-electron chi connectivity index (χ4n) is 0.905. The molecule has 0 saturated heterocycles. The molecule has 0 saturated carbocycles. The van der Waals surface area contributed by atoms with E-state index in [0.29, 0.717) is 0 Å². The summed E-state index contributed by atoms with van der Waals surface area (Å²) < 4.78 is 36.9. The molecule has 1 aromatic rings. The summed E-state index contributed by atoms with van der Waals surface area (Å²) in [6.07, 6.45) is -3.29. The second kappa shape index (κ2) is 5.09. The van der Waals surface area contributed by atoms with Crippen LogP contribution in [0.5, 0.6) is 0 Å². The van der Waals surface area contributed by atoms with Gasteiger partial charge in [-0.05, 0) is 5.53 Å². The van der Waals surface area contributed by atoms with Gasteiger partial charge in [-0.1, -0.05) is 17.0 Å². The molecule has 0 bridgehead atoms. The maximum absolute atomic E-state index is 12.3. The van der Waals surface area contributed by atoms with Crippen LogP contribution in [0.15, 0.2) is 11.3 Å². The van der Waals surface area contributed by atoms with E-state index in [1.807, 2.05) is 5.10 Å². The lowest BCUT2D eigenvalue weighted by molar-refractivity contribution is -0.141. The topological polar surface area (TPSA) is 77.4 Å². The Hall–Kier alpha value is -2.13. The summed E-state index contributed by atoms with van der Waals surface area (Å²) in [4.78, 5) is 2.49. The number of halogens is 3.